The minimum atomic E-state index is -0.151. The maximum atomic E-state index is 12.4. The quantitative estimate of drug-likeness (QED) is 0.796. The van der Waals surface area contributed by atoms with Gasteiger partial charge in [-0.15, -0.1) is 0 Å². The highest BCUT2D eigenvalue weighted by atomic mass is 16.5. The fourth-order valence-electron chi connectivity index (χ4n) is 2.22. The Balaban J connectivity index is 1.81. The maximum absolute atomic E-state index is 12.4. The van der Waals surface area contributed by atoms with Crippen LogP contribution < -0.4 is 10.1 Å². The number of ether oxygens (including phenoxy) is 1. The number of benzene rings is 2. The van der Waals surface area contributed by atoms with Gasteiger partial charge in [0.15, 0.2) is 0 Å². The molecule has 4 nitrogen and oxygen atoms in total. The third-order valence-electron chi connectivity index (χ3n) is 3.34. The van der Waals surface area contributed by atoms with E-state index in [0.29, 0.717) is 17.0 Å². The number of nitrogens with zero attached hydrogens (tertiary/aromatic N) is 1. The van der Waals surface area contributed by atoms with E-state index in [1.165, 1.54) is 0 Å². The topological polar surface area (TPSA) is 43.3 Å². The van der Waals surface area contributed by atoms with E-state index in [-0.39, 0.29) is 5.91 Å². The van der Waals surface area contributed by atoms with Crippen molar-refractivity contribution >= 4 is 11.6 Å². The monoisotopic (exact) mass is 292 g/mol. The van der Waals surface area contributed by atoms with Crippen LogP contribution in [-0.2, 0) is 0 Å². The van der Waals surface area contributed by atoms with Gasteiger partial charge in [-0.25, -0.2) is 0 Å². The molecule has 110 valence electrons. The highest BCUT2D eigenvalue weighted by molar-refractivity contribution is 6.04. The van der Waals surface area contributed by atoms with Gasteiger partial charge >= 0.3 is 0 Å². The molecule has 3 aromatic rings. The fourth-order valence-corrected chi connectivity index (χ4v) is 2.22. The average molecular weight is 292 g/mol. The Labute approximate surface area is 129 Å². The molecule has 1 amide bonds. The number of aromatic nitrogens is 1. The van der Waals surface area contributed by atoms with Crippen molar-refractivity contribution in [1.82, 2.24) is 4.57 Å². The van der Waals surface area contributed by atoms with Gasteiger partial charge in [0.25, 0.3) is 5.91 Å². The van der Waals surface area contributed by atoms with Crippen LogP contribution in [0.4, 0.5) is 5.69 Å². The summed E-state index contributed by atoms with van der Waals surface area (Å²) in [7, 11) is 1.60. The van der Waals surface area contributed by atoms with Crippen molar-refractivity contribution in [3.63, 3.8) is 0 Å². The Morgan fingerprint density at radius 2 is 1.77 bits per heavy atom. The lowest BCUT2D eigenvalue weighted by molar-refractivity contribution is 0.102. The number of nitrogens with one attached hydrogen (secondary N) is 1. The van der Waals surface area contributed by atoms with Crippen molar-refractivity contribution in [1.29, 1.82) is 0 Å². The predicted molar refractivity (Wildman–Crippen MR) is 86.7 cm³/mol. The van der Waals surface area contributed by atoms with Crippen LogP contribution in [0, 0.1) is 0 Å². The van der Waals surface area contributed by atoms with Crippen LogP contribution in [0.2, 0.25) is 0 Å². The number of hydrogen-bond acceptors (Lipinski definition) is 2. The Morgan fingerprint density at radius 3 is 2.55 bits per heavy atom. The van der Waals surface area contributed by atoms with Gasteiger partial charge < -0.3 is 14.6 Å². The minimum absolute atomic E-state index is 0.151. The molecule has 0 aliphatic heterocycles. The van der Waals surface area contributed by atoms with Crippen LogP contribution in [0.5, 0.6) is 5.75 Å². The third-order valence-corrected chi connectivity index (χ3v) is 3.34. The van der Waals surface area contributed by atoms with Gasteiger partial charge in [-0.3, -0.25) is 4.79 Å². The molecule has 1 heterocycles. The number of amides is 1. The van der Waals surface area contributed by atoms with E-state index in [0.717, 1.165) is 5.69 Å². The Hall–Kier alpha value is -3.01. The van der Waals surface area contributed by atoms with Crippen molar-refractivity contribution < 1.29 is 9.53 Å². The standard InChI is InChI=1S/C18H16N2O2/c1-22-17-9-5-7-15(13-17)19-18(21)14-6-4-8-16(12-14)20-10-2-3-11-20/h2-13H,1H3,(H,19,21). The summed E-state index contributed by atoms with van der Waals surface area (Å²) in [5.41, 5.74) is 2.26. The SMILES string of the molecule is COc1cccc(NC(=O)c2cccc(-n3cccc3)c2)c1. The molecular formula is C18H16N2O2. The van der Waals surface area contributed by atoms with Crippen molar-refractivity contribution in [2.75, 3.05) is 12.4 Å². The maximum Gasteiger partial charge on any atom is 0.255 e. The zero-order valence-electron chi connectivity index (χ0n) is 12.2. The van der Waals surface area contributed by atoms with Gasteiger partial charge in [-0.1, -0.05) is 12.1 Å². The normalized spacial score (nSPS) is 10.2. The molecule has 2 aromatic carbocycles. The van der Waals surface area contributed by atoms with Crippen LogP contribution in [0.3, 0.4) is 0 Å². The molecule has 3 rings (SSSR count). The lowest BCUT2D eigenvalue weighted by atomic mass is 10.2. The summed E-state index contributed by atoms with van der Waals surface area (Å²) in [4.78, 5) is 12.4. The van der Waals surface area contributed by atoms with E-state index in [4.69, 9.17) is 4.74 Å². The molecule has 0 atom stereocenters. The zero-order valence-corrected chi connectivity index (χ0v) is 12.2. The van der Waals surface area contributed by atoms with Crippen LogP contribution in [-0.4, -0.2) is 17.6 Å². The van der Waals surface area contributed by atoms with Crippen LogP contribution in [0.25, 0.3) is 5.69 Å². The molecule has 0 spiro atoms. The molecule has 22 heavy (non-hydrogen) atoms. The molecule has 0 fully saturated rings. The molecule has 1 N–H and O–H groups in total. The van der Waals surface area contributed by atoms with Crippen LogP contribution >= 0.6 is 0 Å². The van der Waals surface area contributed by atoms with Gasteiger partial charge in [0.1, 0.15) is 5.75 Å². The lowest BCUT2D eigenvalue weighted by Gasteiger charge is -2.09. The average Bonchev–Trinajstić information content (AvgIpc) is 3.09. The summed E-state index contributed by atoms with van der Waals surface area (Å²) >= 11 is 0. The van der Waals surface area contributed by atoms with Crippen molar-refractivity contribution in [2.45, 2.75) is 0 Å². The number of methoxy groups -OCH3 is 1. The number of anilines is 1. The van der Waals surface area contributed by atoms with E-state index < -0.39 is 0 Å². The Morgan fingerprint density at radius 1 is 1.00 bits per heavy atom. The summed E-state index contributed by atoms with van der Waals surface area (Å²) in [6.07, 6.45) is 3.89. The summed E-state index contributed by atoms with van der Waals surface area (Å²) in [5.74, 6) is 0.557. The van der Waals surface area contributed by atoms with Crippen LogP contribution in [0.1, 0.15) is 10.4 Å². The third kappa shape index (κ3) is 3.01. The van der Waals surface area contributed by atoms with Crippen molar-refractivity contribution in [2.24, 2.45) is 0 Å². The molecular weight excluding hydrogens is 276 g/mol. The Bertz CT molecular complexity index is 779. The largest absolute Gasteiger partial charge is 0.497 e. The highest BCUT2D eigenvalue weighted by Gasteiger charge is 2.08. The molecule has 0 radical (unpaired) electrons. The molecule has 0 aliphatic rings. The Kier molecular flexibility index (Phi) is 3.92. The predicted octanol–water partition coefficient (Wildman–Crippen LogP) is 3.74. The summed E-state index contributed by atoms with van der Waals surface area (Å²) < 4.78 is 7.12. The second-order valence-electron chi connectivity index (χ2n) is 4.83. The van der Waals surface area contributed by atoms with Crippen LogP contribution in [0.15, 0.2) is 73.1 Å². The van der Waals surface area contributed by atoms with E-state index in [2.05, 4.69) is 5.32 Å². The van der Waals surface area contributed by atoms with E-state index in [9.17, 15) is 4.79 Å². The van der Waals surface area contributed by atoms with Crippen molar-refractivity contribution in [3.8, 4) is 11.4 Å². The lowest BCUT2D eigenvalue weighted by Crippen LogP contribution is -2.12. The summed E-state index contributed by atoms with van der Waals surface area (Å²) in [6, 6.07) is 18.7. The molecule has 0 aliphatic carbocycles. The first-order valence-corrected chi connectivity index (χ1v) is 6.95. The fraction of sp³-hybridized carbons (Fsp3) is 0.0556. The first-order chi connectivity index (χ1) is 10.8. The summed E-state index contributed by atoms with van der Waals surface area (Å²) in [5, 5.41) is 2.88. The molecule has 1 aromatic heterocycles. The van der Waals surface area contributed by atoms with E-state index in [1.54, 1.807) is 19.2 Å². The van der Waals surface area contributed by atoms with Crippen molar-refractivity contribution in [3.05, 3.63) is 78.6 Å². The van der Waals surface area contributed by atoms with E-state index in [1.807, 2.05) is 65.5 Å². The van der Waals surface area contributed by atoms with Gasteiger partial charge in [0.05, 0.1) is 7.11 Å². The van der Waals surface area contributed by atoms with Gasteiger partial charge in [-0.2, -0.15) is 0 Å². The highest BCUT2D eigenvalue weighted by Crippen LogP contribution is 2.18. The van der Waals surface area contributed by atoms with Gasteiger partial charge in [0, 0.05) is 35.4 Å². The van der Waals surface area contributed by atoms with Gasteiger partial charge in [-0.05, 0) is 42.5 Å². The molecule has 0 saturated heterocycles. The first-order valence-electron chi connectivity index (χ1n) is 6.95. The smallest absolute Gasteiger partial charge is 0.255 e. The number of carbonyl (C=O) groups is 1. The second kappa shape index (κ2) is 6.18. The number of carbonyl (C=O) groups excluding carboxylic acids is 1. The molecule has 0 unspecified atom stereocenters. The number of rotatable bonds is 4. The first kappa shape index (κ1) is 13.9. The summed E-state index contributed by atoms with van der Waals surface area (Å²) in [6.45, 7) is 0. The molecule has 0 bridgehead atoms. The second-order valence-corrected chi connectivity index (χ2v) is 4.83. The zero-order chi connectivity index (χ0) is 15.4. The minimum Gasteiger partial charge on any atom is -0.497 e. The number of hydrogen-bond donors (Lipinski definition) is 1. The molecule has 0 saturated carbocycles. The van der Waals surface area contributed by atoms with Gasteiger partial charge in [0.2, 0.25) is 0 Å². The molecule has 4 heteroatoms. The van der Waals surface area contributed by atoms with E-state index >= 15 is 0 Å².